The van der Waals surface area contributed by atoms with E-state index in [-0.39, 0.29) is 27.9 Å². The lowest BCUT2D eigenvalue weighted by Crippen LogP contribution is -2.32. The number of aromatic carboxylic acids is 1. The summed E-state index contributed by atoms with van der Waals surface area (Å²) in [5.74, 6) is -3.28. The van der Waals surface area contributed by atoms with Crippen molar-refractivity contribution in [3.8, 4) is 5.75 Å². The highest BCUT2D eigenvalue weighted by Gasteiger charge is 2.39. The fraction of sp³-hybridized carbons (Fsp3) is 0.0833. The topological polar surface area (TPSA) is 124 Å². The number of nitrogens with one attached hydrogen (secondary N) is 1. The van der Waals surface area contributed by atoms with Crippen LogP contribution in [0.4, 0.5) is 5.69 Å². The molecular formula is C24H18N2O6. The molecule has 0 saturated heterocycles. The number of phenols is 1. The summed E-state index contributed by atoms with van der Waals surface area (Å²) in [7, 11) is 0. The van der Waals surface area contributed by atoms with Crippen LogP contribution in [0.15, 0.2) is 66.7 Å². The molecule has 1 aliphatic rings. The van der Waals surface area contributed by atoms with E-state index in [9.17, 15) is 24.3 Å². The molecular weight excluding hydrogens is 412 g/mol. The molecule has 0 bridgehead atoms. The molecule has 3 N–H and O–H groups in total. The fourth-order valence-corrected chi connectivity index (χ4v) is 3.63. The molecule has 0 spiro atoms. The molecule has 32 heavy (non-hydrogen) atoms. The van der Waals surface area contributed by atoms with E-state index in [2.05, 4.69) is 5.32 Å². The molecule has 8 nitrogen and oxygen atoms in total. The quantitative estimate of drug-likeness (QED) is 0.530. The Labute approximate surface area is 182 Å². The van der Waals surface area contributed by atoms with Gasteiger partial charge in [-0.25, -0.2) is 4.79 Å². The lowest BCUT2D eigenvalue weighted by molar-refractivity contribution is 0.0593. The number of benzene rings is 3. The van der Waals surface area contributed by atoms with E-state index in [4.69, 9.17) is 5.11 Å². The second-order valence-electron chi connectivity index (χ2n) is 7.32. The predicted octanol–water partition coefficient (Wildman–Crippen LogP) is 3.70. The van der Waals surface area contributed by atoms with Gasteiger partial charge in [0, 0.05) is 17.3 Å². The smallest absolute Gasteiger partial charge is 0.339 e. The SMILES string of the molecule is CC(c1ccccc1)N1C(=O)c2ccc(C(=O)Nc3ccc(C(=O)O)c(O)c3)cc2C1=O. The zero-order valence-corrected chi connectivity index (χ0v) is 16.9. The fourth-order valence-electron chi connectivity index (χ4n) is 3.63. The maximum Gasteiger partial charge on any atom is 0.339 e. The number of aromatic hydroxyl groups is 1. The number of fused-ring (bicyclic) bond motifs is 1. The number of imide groups is 1. The number of carboxylic acid groups (broad SMARTS) is 1. The highest BCUT2D eigenvalue weighted by Crippen LogP contribution is 2.32. The van der Waals surface area contributed by atoms with Crippen molar-refractivity contribution in [2.75, 3.05) is 5.32 Å². The Morgan fingerprint density at radius 1 is 0.906 bits per heavy atom. The third-order valence-electron chi connectivity index (χ3n) is 5.34. The molecule has 3 amide bonds. The summed E-state index contributed by atoms with van der Waals surface area (Å²) >= 11 is 0. The average molecular weight is 430 g/mol. The minimum atomic E-state index is -1.29. The van der Waals surface area contributed by atoms with Crippen molar-refractivity contribution in [3.05, 3.63) is 94.5 Å². The highest BCUT2D eigenvalue weighted by atomic mass is 16.4. The van der Waals surface area contributed by atoms with Crippen LogP contribution < -0.4 is 5.32 Å². The van der Waals surface area contributed by atoms with Crippen molar-refractivity contribution in [1.29, 1.82) is 0 Å². The van der Waals surface area contributed by atoms with Gasteiger partial charge in [-0.1, -0.05) is 30.3 Å². The summed E-state index contributed by atoms with van der Waals surface area (Å²) in [6.07, 6.45) is 0. The first-order chi connectivity index (χ1) is 15.3. The summed E-state index contributed by atoms with van der Waals surface area (Å²) in [4.78, 5) is 50.7. The van der Waals surface area contributed by atoms with Gasteiger partial charge in [0.2, 0.25) is 0 Å². The number of hydrogen-bond donors (Lipinski definition) is 3. The molecule has 0 fully saturated rings. The molecule has 1 aliphatic heterocycles. The zero-order chi connectivity index (χ0) is 23.0. The predicted molar refractivity (Wildman–Crippen MR) is 115 cm³/mol. The molecule has 0 radical (unpaired) electrons. The Kier molecular flexibility index (Phi) is 5.19. The summed E-state index contributed by atoms with van der Waals surface area (Å²) in [6.45, 7) is 1.76. The number of nitrogens with zero attached hydrogens (tertiary/aromatic N) is 1. The van der Waals surface area contributed by atoms with Crippen LogP contribution in [0.3, 0.4) is 0 Å². The van der Waals surface area contributed by atoms with Crippen LogP contribution in [0, 0.1) is 0 Å². The molecule has 3 aromatic rings. The molecule has 0 aliphatic carbocycles. The zero-order valence-electron chi connectivity index (χ0n) is 16.9. The van der Waals surface area contributed by atoms with Gasteiger partial charge in [-0.3, -0.25) is 19.3 Å². The van der Waals surface area contributed by atoms with E-state index in [1.165, 1.54) is 35.2 Å². The lowest BCUT2D eigenvalue weighted by Gasteiger charge is -2.22. The van der Waals surface area contributed by atoms with Crippen molar-refractivity contribution < 1.29 is 29.4 Å². The Hall–Kier alpha value is -4.46. The summed E-state index contributed by atoms with van der Waals surface area (Å²) in [5.41, 5.74) is 1.19. The first kappa shape index (κ1) is 20.8. The van der Waals surface area contributed by atoms with Gasteiger partial charge in [0.15, 0.2) is 0 Å². The van der Waals surface area contributed by atoms with E-state index >= 15 is 0 Å². The summed E-state index contributed by atoms with van der Waals surface area (Å²) < 4.78 is 0. The number of anilines is 1. The Morgan fingerprint density at radius 3 is 2.25 bits per heavy atom. The minimum absolute atomic E-state index is 0.134. The van der Waals surface area contributed by atoms with Crippen LogP contribution in [-0.2, 0) is 0 Å². The van der Waals surface area contributed by atoms with Gasteiger partial charge < -0.3 is 15.5 Å². The third kappa shape index (κ3) is 3.58. The molecule has 1 unspecified atom stereocenters. The molecule has 1 atom stereocenters. The number of carbonyl (C=O) groups excluding carboxylic acids is 3. The largest absolute Gasteiger partial charge is 0.507 e. The van der Waals surface area contributed by atoms with Crippen LogP contribution >= 0.6 is 0 Å². The Bertz CT molecular complexity index is 1270. The minimum Gasteiger partial charge on any atom is -0.507 e. The lowest BCUT2D eigenvalue weighted by atomic mass is 10.1. The van der Waals surface area contributed by atoms with Crippen molar-refractivity contribution in [3.63, 3.8) is 0 Å². The third-order valence-corrected chi connectivity index (χ3v) is 5.34. The maximum absolute atomic E-state index is 13.0. The van der Waals surface area contributed by atoms with Crippen molar-refractivity contribution in [1.82, 2.24) is 4.90 Å². The van der Waals surface area contributed by atoms with Crippen LogP contribution in [0.1, 0.15) is 60.0 Å². The van der Waals surface area contributed by atoms with Gasteiger partial charge in [-0.2, -0.15) is 0 Å². The van der Waals surface area contributed by atoms with Gasteiger partial charge in [0.1, 0.15) is 11.3 Å². The monoisotopic (exact) mass is 430 g/mol. The van der Waals surface area contributed by atoms with Crippen molar-refractivity contribution >= 4 is 29.4 Å². The molecule has 1 heterocycles. The van der Waals surface area contributed by atoms with E-state index in [1.807, 2.05) is 30.3 Å². The molecule has 160 valence electrons. The van der Waals surface area contributed by atoms with Crippen molar-refractivity contribution in [2.45, 2.75) is 13.0 Å². The van der Waals surface area contributed by atoms with Crippen LogP contribution in [0.25, 0.3) is 0 Å². The van der Waals surface area contributed by atoms with E-state index in [0.29, 0.717) is 0 Å². The van der Waals surface area contributed by atoms with Gasteiger partial charge >= 0.3 is 5.97 Å². The second kappa shape index (κ2) is 7.99. The molecule has 0 saturated carbocycles. The number of hydrogen-bond acceptors (Lipinski definition) is 5. The number of rotatable bonds is 5. The van der Waals surface area contributed by atoms with Gasteiger partial charge in [0.05, 0.1) is 17.2 Å². The van der Waals surface area contributed by atoms with E-state index < -0.39 is 35.5 Å². The Morgan fingerprint density at radius 2 is 1.59 bits per heavy atom. The molecule has 3 aromatic carbocycles. The summed E-state index contributed by atoms with van der Waals surface area (Å²) in [6, 6.07) is 16.5. The number of carbonyl (C=O) groups is 4. The number of carboxylic acids is 1. The first-order valence-electron chi connectivity index (χ1n) is 9.72. The first-order valence-corrected chi connectivity index (χ1v) is 9.72. The highest BCUT2D eigenvalue weighted by molar-refractivity contribution is 6.22. The molecule has 0 aromatic heterocycles. The van der Waals surface area contributed by atoms with Crippen LogP contribution in [-0.4, -0.2) is 38.8 Å². The van der Waals surface area contributed by atoms with Gasteiger partial charge in [0.25, 0.3) is 17.7 Å². The normalized spacial score (nSPS) is 13.6. The molecule has 4 rings (SSSR count). The second-order valence-corrected chi connectivity index (χ2v) is 7.32. The summed E-state index contributed by atoms with van der Waals surface area (Å²) in [5, 5.41) is 21.3. The van der Waals surface area contributed by atoms with Crippen molar-refractivity contribution in [2.24, 2.45) is 0 Å². The average Bonchev–Trinajstić information content (AvgIpc) is 3.03. The van der Waals surface area contributed by atoms with Crippen LogP contribution in [0.5, 0.6) is 5.75 Å². The van der Waals surface area contributed by atoms with E-state index in [0.717, 1.165) is 11.6 Å². The standard InChI is InChI=1S/C24H18N2O6/c1-13(14-5-3-2-4-6-14)26-22(29)17-9-7-15(11-19(17)23(26)30)21(28)25-16-8-10-18(24(31)32)20(27)12-16/h2-13,27H,1H3,(H,25,28)(H,31,32). The van der Waals surface area contributed by atoms with Crippen LogP contribution in [0.2, 0.25) is 0 Å². The maximum atomic E-state index is 13.0. The molecule has 8 heteroatoms. The Balaban J connectivity index is 1.58. The van der Waals surface area contributed by atoms with Gasteiger partial charge in [-0.05, 0) is 42.8 Å². The van der Waals surface area contributed by atoms with E-state index in [1.54, 1.807) is 6.92 Å². The number of amides is 3. The van der Waals surface area contributed by atoms with Gasteiger partial charge in [-0.15, -0.1) is 0 Å².